The summed E-state index contributed by atoms with van der Waals surface area (Å²) in [5, 5.41) is 14.6. The van der Waals surface area contributed by atoms with E-state index in [1.807, 2.05) is 0 Å². The molecule has 0 bridgehead atoms. The average Bonchev–Trinajstić information content (AvgIpc) is 2.73. The lowest BCUT2D eigenvalue weighted by atomic mass is 9.89. The molecule has 1 aliphatic heterocycles. The molecule has 114 valence electrons. The lowest BCUT2D eigenvalue weighted by Crippen LogP contribution is -2.52. The molecule has 0 fully saturated rings. The van der Waals surface area contributed by atoms with Crippen LogP contribution in [0.4, 0.5) is 5.69 Å². The molecule has 8 heteroatoms. The lowest BCUT2D eigenvalue weighted by molar-refractivity contribution is -0.120. The highest BCUT2D eigenvalue weighted by Gasteiger charge is 2.54. The zero-order chi connectivity index (χ0) is 15.8. The average molecular weight is 312 g/mol. The van der Waals surface area contributed by atoms with Crippen molar-refractivity contribution in [3.63, 3.8) is 0 Å². The van der Waals surface area contributed by atoms with Crippen LogP contribution < -0.4 is 5.01 Å². The fraction of sp³-hybridized carbons (Fsp3) is 0.385. The topological polar surface area (TPSA) is 107 Å². The van der Waals surface area contributed by atoms with Crippen LogP contribution in [-0.2, 0) is 14.9 Å². The highest BCUT2D eigenvalue weighted by atomic mass is 32.2. The molecule has 0 spiro atoms. The van der Waals surface area contributed by atoms with E-state index in [1.165, 1.54) is 6.92 Å². The van der Waals surface area contributed by atoms with Gasteiger partial charge in [-0.15, -0.1) is 0 Å². The fourth-order valence-electron chi connectivity index (χ4n) is 2.34. The highest BCUT2D eigenvalue weighted by molar-refractivity contribution is 7.87. The Balaban J connectivity index is 2.46. The van der Waals surface area contributed by atoms with E-state index in [0.29, 0.717) is 5.69 Å². The first kappa shape index (κ1) is 15.6. The summed E-state index contributed by atoms with van der Waals surface area (Å²) in [6.07, 6.45) is 0. The van der Waals surface area contributed by atoms with Gasteiger partial charge < -0.3 is 5.11 Å². The van der Waals surface area contributed by atoms with Gasteiger partial charge in [-0.2, -0.15) is 13.5 Å². The number of amides is 1. The molecular formula is C13H16N2O5S. The number of benzene rings is 1. The van der Waals surface area contributed by atoms with Crippen LogP contribution in [0, 0.1) is 5.92 Å². The molecule has 1 amide bonds. The Morgan fingerprint density at radius 2 is 1.90 bits per heavy atom. The molecule has 0 aliphatic carbocycles. The van der Waals surface area contributed by atoms with Crippen LogP contribution in [0.25, 0.3) is 0 Å². The predicted octanol–water partition coefficient (Wildman–Crippen LogP) is 0.664. The van der Waals surface area contributed by atoms with Gasteiger partial charge in [-0.3, -0.25) is 9.35 Å². The predicted molar refractivity (Wildman–Crippen MR) is 77.6 cm³/mol. The summed E-state index contributed by atoms with van der Waals surface area (Å²) in [5.74, 6) is -1.84. The number of anilines is 1. The number of hydrazone groups is 1. The van der Waals surface area contributed by atoms with Crippen molar-refractivity contribution >= 4 is 27.4 Å². The fourth-order valence-corrected chi connectivity index (χ4v) is 3.08. The molecule has 0 unspecified atom stereocenters. The second-order valence-electron chi connectivity index (χ2n) is 5.11. The van der Waals surface area contributed by atoms with Crippen molar-refractivity contribution in [3.05, 3.63) is 30.3 Å². The van der Waals surface area contributed by atoms with Gasteiger partial charge >= 0.3 is 0 Å². The van der Waals surface area contributed by atoms with Crippen molar-refractivity contribution in [2.75, 3.05) is 11.6 Å². The minimum atomic E-state index is -4.65. The molecule has 0 saturated heterocycles. The first-order valence-electron chi connectivity index (χ1n) is 6.24. The summed E-state index contributed by atoms with van der Waals surface area (Å²) in [4.78, 5) is 12.5. The molecule has 0 radical (unpaired) electrons. The van der Waals surface area contributed by atoms with Gasteiger partial charge in [0, 0.05) is 0 Å². The number of carbonyl (C=O) groups is 1. The van der Waals surface area contributed by atoms with Crippen LogP contribution in [0.5, 0.6) is 0 Å². The number of nitrogens with zero attached hydrogens (tertiary/aromatic N) is 2. The van der Waals surface area contributed by atoms with Gasteiger partial charge in [0.2, 0.25) is 0 Å². The van der Waals surface area contributed by atoms with Crippen LogP contribution in [0.2, 0.25) is 0 Å². The van der Waals surface area contributed by atoms with Crippen molar-refractivity contribution in [3.8, 4) is 0 Å². The Kier molecular flexibility index (Phi) is 3.87. The van der Waals surface area contributed by atoms with Gasteiger partial charge in [0.05, 0.1) is 18.0 Å². The van der Waals surface area contributed by atoms with Crippen LogP contribution in [0.15, 0.2) is 35.4 Å². The van der Waals surface area contributed by atoms with Crippen molar-refractivity contribution in [1.29, 1.82) is 0 Å². The summed E-state index contributed by atoms with van der Waals surface area (Å²) in [6, 6.07) is 8.51. The molecule has 0 aromatic heterocycles. The Bertz CT molecular complexity index is 686. The van der Waals surface area contributed by atoms with Crippen molar-refractivity contribution in [2.24, 2.45) is 11.0 Å². The van der Waals surface area contributed by atoms with E-state index in [0.717, 1.165) is 11.9 Å². The van der Waals surface area contributed by atoms with E-state index >= 15 is 0 Å². The summed E-state index contributed by atoms with van der Waals surface area (Å²) in [6.45, 7) is 1.72. The number of hydrogen-bond acceptors (Lipinski definition) is 5. The van der Waals surface area contributed by atoms with E-state index in [1.54, 1.807) is 30.3 Å². The van der Waals surface area contributed by atoms with E-state index in [2.05, 4.69) is 5.10 Å². The molecule has 0 saturated carbocycles. The third kappa shape index (κ3) is 2.45. The molecule has 1 heterocycles. The lowest BCUT2D eigenvalue weighted by Gasteiger charge is -2.29. The van der Waals surface area contributed by atoms with Gasteiger partial charge in [0.25, 0.3) is 16.0 Å². The summed E-state index contributed by atoms with van der Waals surface area (Å²) < 4.78 is 30.5. The zero-order valence-electron chi connectivity index (χ0n) is 11.6. The maximum Gasteiger partial charge on any atom is 0.273 e. The quantitative estimate of drug-likeness (QED) is 0.794. The van der Waals surface area contributed by atoms with Gasteiger partial charge in [-0.05, 0) is 26.0 Å². The maximum atomic E-state index is 12.5. The third-order valence-electron chi connectivity index (χ3n) is 3.65. The zero-order valence-corrected chi connectivity index (χ0v) is 12.4. The van der Waals surface area contributed by atoms with Crippen molar-refractivity contribution in [1.82, 2.24) is 0 Å². The van der Waals surface area contributed by atoms with Crippen molar-refractivity contribution < 1.29 is 22.9 Å². The smallest absolute Gasteiger partial charge is 0.273 e. The number of aliphatic hydroxyl groups excluding tert-OH is 1. The largest absolute Gasteiger partial charge is 0.395 e. The van der Waals surface area contributed by atoms with Crippen LogP contribution in [-0.4, -0.2) is 41.0 Å². The van der Waals surface area contributed by atoms with Crippen molar-refractivity contribution in [2.45, 2.75) is 18.6 Å². The first-order valence-corrected chi connectivity index (χ1v) is 7.68. The Hall–Kier alpha value is -1.77. The number of para-hydroxylation sites is 1. The molecule has 2 atom stereocenters. The minimum absolute atomic E-state index is 0.220. The second kappa shape index (κ2) is 5.21. The number of carbonyl (C=O) groups excluding carboxylic acids is 1. The summed E-state index contributed by atoms with van der Waals surface area (Å²) in [7, 11) is -4.65. The summed E-state index contributed by atoms with van der Waals surface area (Å²) in [5.41, 5.74) is 0.706. The molecule has 2 rings (SSSR count). The van der Waals surface area contributed by atoms with Gasteiger partial charge in [0.1, 0.15) is 10.7 Å². The number of hydrogen-bond donors (Lipinski definition) is 2. The van der Waals surface area contributed by atoms with Gasteiger partial charge in [0.15, 0.2) is 0 Å². The second-order valence-corrected chi connectivity index (χ2v) is 6.99. The monoisotopic (exact) mass is 312 g/mol. The highest BCUT2D eigenvalue weighted by Crippen LogP contribution is 2.34. The van der Waals surface area contributed by atoms with Crippen LogP contribution in [0.3, 0.4) is 0 Å². The molecule has 1 aliphatic rings. The summed E-state index contributed by atoms with van der Waals surface area (Å²) >= 11 is 0. The van der Waals surface area contributed by atoms with E-state index in [-0.39, 0.29) is 5.71 Å². The third-order valence-corrected chi connectivity index (χ3v) is 5.19. The standard InChI is InChI=1S/C13H16N2O5S/c1-9-11(13(2,8-16)21(18,19)20)12(17)15(14-9)10-6-4-3-5-7-10/h3-7,11,16H,8H2,1-2H3,(H,18,19,20)/t11-,13-/m0/s1. The Morgan fingerprint density at radius 1 is 1.33 bits per heavy atom. The number of aliphatic hydroxyl groups is 1. The molecule has 21 heavy (non-hydrogen) atoms. The Labute approximate surface area is 122 Å². The minimum Gasteiger partial charge on any atom is -0.395 e. The molecule has 7 nitrogen and oxygen atoms in total. The molecular weight excluding hydrogens is 296 g/mol. The SMILES string of the molecule is CC1=NN(c2ccccc2)C(=O)[C@H]1[C@](C)(CO)S(=O)(=O)O. The van der Waals surface area contributed by atoms with Gasteiger partial charge in [-0.1, -0.05) is 18.2 Å². The number of rotatable bonds is 4. The van der Waals surface area contributed by atoms with E-state index in [9.17, 15) is 22.9 Å². The van der Waals surface area contributed by atoms with Gasteiger partial charge in [-0.25, -0.2) is 5.01 Å². The van der Waals surface area contributed by atoms with E-state index < -0.39 is 33.3 Å². The van der Waals surface area contributed by atoms with E-state index in [4.69, 9.17) is 0 Å². The van der Waals surface area contributed by atoms with Crippen LogP contribution >= 0.6 is 0 Å². The maximum absolute atomic E-state index is 12.5. The normalized spacial score (nSPS) is 22.1. The van der Waals surface area contributed by atoms with Crippen LogP contribution in [0.1, 0.15) is 13.8 Å². The molecule has 1 aromatic carbocycles. The first-order chi connectivity index (χ1) is 9.72. The molecule has 1 aromatic rings. The Morgan fingerprint density at radius 3 is 2.38 bits per heavy atom. The molecule has 2 N–H and O–H groups in total.